The number of unbranched alkanes of at least 4 members (excludes halogenated alkanes) is 1. The summed E-state index contributed by atoms with van der Waals surface area (Å²) in [6.45, 7) is 1.72. The fraction of sp³-hybridized carbons (Fsp3) is 0.400. The average Bonchev–Trinajstić information content (AvgIpc) is 2.79. The minimum absolute atomic E-state index is 0.765. The van der Waals surface area contributed by atoms with Crippen LogP contribution in [0.2, 0.25) is 0 Å². The number of nitrogens with two attached hydrogens (primary N) is 1. The number of aromatic nitrogens is 1. The lowest BCUT2D eigenvalue weighted by Crippen LogP contribution is -2.05. The fourth-order valence-corrected chi connectivity index (χ4v) is 4.46. The van der Waals surface area contributed by atoms with Crippen LogP contribution >= 0.6 is 23.1 Å². The van der Waals surface area contributed by atoms with E-state index in [2.05, 4.69) is 29.6 Å². The van der Waals surface area contributed by atoms with E-state index in [4.69, 9.17) is 10.7 Å². The Kier molecular flexibility index (Phi) is 4.60. The summed E-state index contributed by atoms with van der Waals surface area (Å²) < 4.78 is 0. The number of hydrogen-bond acceptors (Lipinski definition) is 5. The van der Waals surface area contributed by atoms with Gasteiger partial charge in [0, 0.05) is 27.6 Å². The van der Waals surface area contributed by atoms with Crippen LogP contribution in [0.3, 0.4) is 0 Å². The van der Waals surface area contributed by atoms with Gasteiger partial charge in [-0.3, -0.25) is 0 Å². The summed E-state index contributed by atoms with van der Waals surface area (Å²) >= 11 is 3.74. The zero-order chi connectivity index (χ0) is 13.8. The second-order valence-electron chi connectivity index (χ2n) is 4.81. The van der Waals surface area contributed by atoms with E-state index < -0.39 is 0 Å². The van der Waals surface area contributed by atoms with Gasteiger partial charge in [0.15, 0.2) is 5.13 Å². The third-order valence-corrected chi connectivity index (χ3v) is 5.48. The monoisotopic (exact) mass is 305 g/mol. The van der Waals surface area contributed by atoms with Crippen molar-refractivity contribution in [1.29, 1.82) is 0 Å². The van der Waals surface area contributed by atoms with Crippen molar-refractivity contribution in [3.8, 4) is 11.3 Å². The van der Waals surface area contributed by atoms with Crippen molar-refractivity contribution in [3.05, 3.63) is 29.1 Å². The van der Waals surface area contributed by atoms with Crippen molar-refractivity contribution >= 4 is 28.2 Å². The number of aryl methyl sites for hydroxylation is 1. The molecule has 0 saturated carbocycles. The highest BCUT2D eigenvalue weighted by molar-refractivity contribution is 7.99. The number of benzene rings is 1. The van der Waals surface area contributed by atoms with Gasteiger partial charge in [-0.15, -0.1) is 23.1 Å². The molecule has 1 aromatic heterocycles. The summed E-state index contributed by atoms with van der Waals surface area (Å²) in [5.41, 5.74) is 7.98. The normalized spacial score (nSPS) is 13.4. The molecule has 0 spiro atoms. The van der Waals surface area contributed by atoms with Crippen LogP contribution in [-0.4, -0.2) is 23.8 Å². The van der Waals surface area contributed by atoms with E-state index in [0.717, 1.165) is 43.2 Å². The first kappa shape index (κ1) is 13.9. The molecule has 20 heavy (non-hydrogen) atoms. The van der Waals surface area contributed by atoms with Crippen LogP contribution in [0.15, 0.2) is 29.2 Å². The van der Waals surface area contributed by atoms with Crippen LogP contribution in [0, 0.1) is 0 Å². The molecular weight excluding hydrogens is 286 g/mol. The third kappa shape index (κ3) is 3.00. The van der Waals surface area contributed by atoms with Gasteiger partial charge >= 0.3 is 0 Å². The van der Waals surface area contributed by atoms with Crippen LogP contribution < -0.4 is 11.1 Å². The standard InChI is InChI=1S/C15H19N3S2/c16-8-3-4-9-17-15-18-14-11-5-1-2-6-12(11)19-10-7-13(14)20-15/h1-2,5-6H,3-4,7-10,16H2,(H,17,18). The van der Waals surface area contributed by atoms with Crippen molar-refractivity contribution < 1.29 is 0 Å². The molecule has 2 aromatic rings. The van der Waals surface area contributed by atoms with Gasteiger partial charge in [0.2, 0.25) is 0 Å². The van der Waals surface area contributed by atoms with E-state index in [-0.39, 0.29) is 0 Å². The molecule has 0 atom stereocenters. The highest BCUT2D eigenvalue weighted by atomic mass is 32.2. The molecule has 2 heterocycles. The summed E-state index contributed by atoms with van der Waals surface area (Å²) in [5.74, 6) is 1.14. The molecule has 0 bridgehead atoms. The lowest BCUT2D eigenvalue weighted by Gasteiger charge is -2.04. The number of thiazole rings is 1. The van der Waals surface area contributed by atoms with Crippen LogP contribution in [0.25, 0.3) is 11.3 Å². The predicted octanol–water partition coefficient (Wildman–Crippen LogP) is 3.61. The molecule has 106 valence electrons. The molecule has 0 unspecified atom stereocenters. The molecule has 0 amide bonds. The smallest absolute Gasteiger partial charge is 0.183 e. The third-order valence-electron chi connectivity index (χ3n) is 3.33. The van der Waals surface area contributed by atoms with E-state index >= 15 is 0 Å². The largest absolute Gasteiger partial charge is 0.361 e. The Morgan fingerprint density at radius 3 is 3.05 bits per heavy atom. The average molecular weight is 305 g/mol. The van der Waals surface area contributed by atoms with Crippen molar-refractivity contribution in [2.45, 2.75) is 24.2 Å². The number of anilines is 1. The summed E-state index contributed by atoms with van der Waals surface area (Å²) in [6, 6.07) is 8.59. The SMILES string of the molecule is NCCCCNc1nc2c(s1)CCSc1ccccc1-2. The lowest BCUT2D eigenvalue weighted by atomic mass is 10.1. The van der Waals surface area contributed by atoms with E-state index in [9.17, 15) is 0 Å². The fourth-order valence-electron chi connectivity index (χ4n) is 2.31. The number of fused-ring (bicyclic) bond motifs is 3. The van der Waals surface area contributed by atoms with Gasteiger partial charge in [0.25, 0.3) is 0 Å². The molecule has 3 N–H and O–H groups in total. The second kappa shape index (κ2) is 6.61. The predicted molar refractivity (Wildman–Crippen MR) is 88.8 cm³/mol. The maximum Gasteiger partial charge on any atom is 0.183 e. The quantitative estimate of drug-likeness (QED) is 0.829. The molecule has 3 rings (SSSR count). The number of thioether (sulfide) groups is 1. The van der Waals surface area contributed by atoms with E-state index in [1.807, 2.05) is 11.8 Å². The van der Waals surface area contributed by atoms with Gasteiger partial charge in [-0.05, 0) is 31.9 Å². The Balaban J connectivity index is 1.81. The number of nitrogens with zero attached hydrogens (tertiary/aromatic N) is 1. The topological polar surface area (TPSA) is 50.9 Å². The van der Waals surface area contributed by atoms with Crippen LogP contribution in [-0.2, 0) is 6.42 Å². The van der Waals surface area contributed by atoms with Gasteiger partial charge < -0.3 is 11.1 Å². The molecule has 1 aromatic carbocycles. The van der Waals surface area contributed by atoms with Crippen molar-refractivity contribution in [2.24, 2.45) is 5.73 Å². The van der Waals surface area contributed by atoms with Crippen LogP contribution in [0.5, 0.6) is 0 Å². The molecule has 5 heteroatoms. The van der Waals surface area contributed by atoms with Crippen LogP contribution in [0.1, 0.15) is 17.7 Å². The molecule has 3 nitrogen and oxygen atoms in total. The Morgan fingerprint density at radius 1 is 1.25 bits per heavy atom. The van der Waals surface area contributed by atoms with Gasteiger partial charge in [0.1, 0.15) is 0 Å². The van der Waals surface area contributed by atoms with Gasteiger partial charge in [0.05, 0.1) is 5.69 Å². The van der Waals surface area contributed by atoms with Gasteiger partial charge in [-0.25, -0.2) is 4.98 Å². The maximum atomic E-state index is 5.51. The Bertz CT molecular complexity index is 580. The highest BCUT2D eigenvalue weighted by Crippen LogP contribution is 2.40. The first-order chi connectivity index (χ1) is 9.88. The summed E-state index contributed by atoms with van der Waals surface area (Å²) in [4.78, 5) is 7.57. The van der Waals surface area contributed by atoms with Gasteiger partial charge in [-0.2, -0.15) is 0 Å². The summed E-state index contributed by atoms with van der Waals surface area (Å²) in [6.07, 6.45) is 3.28. The Hall–Kier alpha value is -1.04. The molecule has 0 fully saturated rings. The highest BCUT2D eigenvalue weighted by Gasteiger charge is 2.19. The first-order valence-corrected chi connectivity index (χ1v) is 8.84. The Morgan fingerprint density at radius 2 is 2.15 bits per heavy atom. The second-order valence-corrected chi connectivity index (χ2v) is 7.03. The molecule has 1 aliphatic rings. The lowest BCUT2D eigenvalue weighted by molar-refractivity contribution is 0.774. The zero-order valence-electron chi connectivity index (χ0n) is 11.4. The minimum Gasteiger partial charge on any atom is -0.361 e. The van der Waals surface area contributed by atoms with Crippen molar-refractivity contribution in [2.75, 3.05) is 24.2 Å². The van der Waals surface area contributed by atoms with Crippen molar-refractivity contribution in [1.82, 2.24) is 4.98 Å². The molecule has 0 aliphatic carbocycles. The summed E-state index contributed by atoms with van der Waals surface area (Å²) in [7, 11) is 0. The molecule has 0 saturated heterocycles. The molecule has 1 aliphatic heterocycles. The van der Waals surface area contributed by atoms with Crippen LogP contribution in [0.4, 0.5) is 5.13 Å². The number of hydrogen-bond donors (Lipinski definition) is 2. The first-order valence-electron chi connectivity index (χ1n) is 7.04. The van der Waals surface area contributed by atoms with Gasteiger partial charge in [-0.1, -0.05) is 18.2 Å². The summed E-state index contributed by atoms with van der Waals surface area (Å²) in [5, 5.41) is 4.48. The number of rotatable bonds is 5. The van der Waals surface area contributed by atoms with E-state index in [0.29, 0.717) is 0 Å². The maximum absolute atomic E-state index is 5.51. The van der Waals surface area contributed by atoms with E-state index in [1.54, 1.807) is 11.3 Å². The molecular formula is C15H19N3S2. The molecule has 0 radical (unpaired) electrons. The van der Waals surface area contributed by atoms with E-state index in [1.165, 1.54) is 21.0 Å². The van der Waals surface area contributed by atoms with Crippen molar-refractivity contribution in [3.63, 3.8) is 0 Å². The zero-order valence-corrected chi connectivity index (χ0v) is 13.0. The number of nitrogens with one attached hydrogen (secondary N) is 1. The minimum atomic E-state index is 0.765. The Labute approximate surface area is 128 Å².